The third-order valence-corrected chi connectivity index (χ3v) is 5.99. The van der Waals surface area contributed by atoms with Gasteiger partial charge in [-0.05, 0) is 37.0 Å². The Kier molecular flexibility index (Phi) is 2.88. The van der Waals surface area contributed by atoms with Gasteiger partial charge in [-0.25, -0.2) is 0 Å². The molecule has 3 rings (SSSR count). The number of nitrogens with two attached hydrogens (primary N) is 3. The quantitative estimate of drug-likeness (QED) is 0.548. The first-order chi connectivity index (χ1) is 9.73. The summed E-state index contributed by atoms with van der Waals surface area (Å²) >= 11 is 0. The van der Waals surface area contributed by atoms with E-state index >= 15 is 0 Å². The fraction of sp³-hybridized carbons (Fsp3) is 0.444. The maximum Gasteiger partial charge on any atom is 0.0830 e. The summed E-state index contributed by atoms with van der Waals surface area (Å²) in [6.07, 6.45) is 7.53. The summed E-state index contributed by atoms with van der Waals surface area (Å²) in [5.74, 6) is 0.375. The van der Waals surface area contributed by atoms with Crippen molar-refractivity contribution in [3.63, 3.8) is 0 Å². The second-order valence-electron chi connectivity index (χ2n) is 7.18. The molecule has 0 heterocycles. The molecule has 0 saturated heterocycles. The molecule has 2 atom stereocenters. The Labute approximate surface area is 126 Å². The number of benzene rings is 1. The molecule has 0 radical (unpaired) electrons. The first kappa shape index (κ1) is 14.4. The van der Waals surface area contributed by atoms with E-state index in [1.165, 1.54) is 5.57 Å². The summed E-state index contributed by atoms with van der Waals surface area (Å²) < 4.78 is 0. The maximum atomic E-state index is 6.74. The van der Waals surface area contributed by atoms with Crippen LogP contribution in [-0.4, -0.2) is 5.66 Å². The van der Waals surface area contributed by atoms with Crippen LogP contribution in [0.5, 0.6) is 0 Å². The lowest BCUT2D eigenvalue weighted by molar-refractivity contribution is 0.124. The molecular formula is C18H25N3. The van der Waals surface area contributed by atoms with Gasteiger partial charge in [-0.3, -0.25) is 0 Å². The SMILES string of the molecule is CC1(c2ccc(N)cc2)C2=CC=CCC2C(C)(C)C1(N)N. The van der Waals surface area contributed by atoms with E-state index in [9.17, 15) is 0 Å². The lowest BCUT2D eigenvalue weighted by atomic mass is 9.67. The smallest absolute Gasteiger partial charge is 0.0830 e. The Balaban J connectivity index is 2.25. The molecule has 0 spiro atoms. The van der Waals surface area contributed by atoms with Crippen molar-refractivity contribution < 1.29 is 0 Å². The number of allylic oxidation sites excluding steroid dienone is 3. The number of nitrogen functional groups attached to an aromatic ring is 1. The van der Waals surface area contributed by atoms with Gasteiger partial charge in [0.1, 0.15) is 0 Å². The highest BCUT2D eigenvalue weighted by Crippen LogP contribution is 2.62. The molecule has 3 heteroatoms. The highest BCUT2D eigenvalue weighted by atomic mass is 15.1. The van der Waals surface area contributed by atoms with Gasteiger partial charge in [0, 0.05) is 16.5 Å². The van der Waals surface area contributed by atoms with Crippen LogP contribution in [0.15, 0.2) is 48.1 Å². The zero-order chi connectivity index (χ0) is 15.5. The molecule has 0 amide bonds. The van der Waals surface area contributed by atoms with Crippen molar-refractivity contribution in [2.45, 2.75) is 38.3 Å². The van der Waals surface area contributed by atoms with E-state index in [-0.39, 0.29) is 10.8 Å². The summed E-state index contributed by atoms with van der Waals surface area (Å²) in [7, 11) is 0. The first-order valence-electron chi connectivity index (χ1n) is 7.54. The van der Waals surface area contributed by atoms with Crippen LogP contribution < -0.4 is 17.2 Å². The third-order valence-electron chi connectivity index (χ3n) is 5.99. The van der Waals surface area contributed by atoms with Crippen LogP contribution in [0.4, 0.5) is 5.69 Å². The number of anilines is 1. The topological polar surface area (TPSA) is 78.1 Å². The van der Waals surface area contributed by atoms with Gasteiger partial charge in [0.25, 0.3) is 0 Å². The Morgan fingerprint density at radius 1 is 1.05 bits per heavy atom. The van der Waals surface area contributed by atoms with Crippen molar-refractivity contribution >= 4 is 5.69 Å². The molecule has 3 nitrogen and oxygen atoms in total. The predicted molar refractivity (Wildman–Crippen MR) is 88.4 cm³/mol. The van der Waals surface area contributed by atoms with Gasteiger partial charge in [-0.1, -0.05) is 49.8 Å². The van der Waals surface area contributed by atoms with E-state index in [4.69, 9.17) is 17.2 Å². The molecule has 1 fully saturated rings. The number of rotatable bonds is 1. The zero-order valence-corrected chi connectivity index (χ0v) is 13.1. The molecular weight excluding hydrogens is 258 g/mol. The molecule has 2 unspecified atom stereocenters. The summed E-state index contributed by atoms with van der Waals surface area (Å²) in [5, 5.41) is 0. The number of fused-ring (bicyclic) bond motifs is 1. The Morgan fingerprint density at radius 2 is 1.67 bits per heavy atom. The largest absolute Gasteiger partial charge is 0.399 e. The fourth-order valence-electron chi connectivity index (χ4n) is 4.22. The van der Waals surface area contributed by atoms with Gasteiger partial charge in [0.15, 0.2) is 0 Å². The first-order valence-corrected chi connectivity index (χ1v) is 7.54. The zero-order valence-electron chi connectivity index (χ0n) is 13.1. The van der Waals surface area contributed by atoms with Crippen LogP contribution >= 0.6 is 0 Å². The summed E-state index contributed by atoms with van der Waals surface area (Å²) in [5.41, 5.74) is 21.2. The van der Waals surface area contributed by atoms with Gasteiger partial charge in [0.2, 0.25) is 0 Å². The average molecular weight is 283 g/mol. The van der Waals surface area contributed by atoms with E-state index in [2.05, 4.69) is 51.1 Å². The van der Waals surface area contributed by atoms with E-state index in [0.29, 0.717) is 5.92 Å². The Hall–Kier alpha value is -1.58. The summed E-state index contributed by atoms with van der Waals surface area (Å²) in [4.78, 5) is 0. The van der Waals surface area contributed by atoms with Gasteiger partial charge < -0.3 is 17.2 Å². The molecule has 1 aromatic rings. The molecule has 1 saturated carbocycles. The van der Waals surface area contributed by atoms with Gasteiger partial charge in [0.05, 0.1) is 5.66 Å². The Bertz CT molecular complexity index is 622. The minimum Gasteiger partial charge on any atom is -0.399 e. The number of hydrogen-bond donors (Lipinski definition) is 3. The van der Waals surface area contributed by atoms with Crippen molar-refractivity contribution in [3.05, 3.63) is 53.6 Å². The summed E-state index contributed by atoms with van der Waals surface area (Å²) in [6.45, 7) is 6.55. The highest BCUT2D eigenvalue weighted by Gasteiger charge is 2.65. The fourth-order valence-corrected chi connectivity index (χ4v) is 4.22. The molecule has 6 N–H and O–H groups in total. The molecule has 21 heavy (non-hydrogen) atoms. The Morgan fingerprint density at radius 3 is 2.29 bits per heavy atom. The molecule has 0 aromatic heterocycles. The second kappa shape index (κ2) is 4.21. The van der Waals surface area contributed by atoms with Crippen molar-refractivity contribution in [2.24, 2.45) is 22.8 Å². The molecule has 0 bridgehead atoms. The van der Waals surface area contributed by atoms with Crippen molar-refractivity contribution in [1.82, 2.24) is 0 Å². The van der Waals surface area contributed by atoms with Crippen LogP contribution in [0.1, 0.15) is 32.8 Å². The predicted octanol–water partition coefficient (Wildman–Crippen LogP) is 2.68. The van der Waals surface area contributed by atoms with Crippen molar-refractivity contribution in [3.8, 4) is 0 Å². The van der Waals surface area contributed by atoms with E-state index < -0.39 is 5.66 Å². The van der Waals surface area contributed by atoms with Crippen LogP contribution in [0, 0.1) is 11.3 Å². The lowest BCUT2D eigenvalue weighted by Gasteiger charge is -2.45. The maximum absolute atomic E-state index is 6.74. The third kappa shape index (κ3) is 1.62. The molecule has 1 aromatic carbocycles. The minimum atomic E-state index is -0.821. The number of hydrogen-bond acceptors (Lipinski definition) is 3. The van der Waals surface area contributed by atoms with E-state index in [1.807, 2.05) is 12.1 Å². The highest BCUT2D eigenvalue weighted by molar-refractivity contribution is 5.53. The van der Waals surface area contributed by atoms with E-state index in [1.54, 1.807) is 0 Å². The summed E-state index contributed by atoms with van der Waals surface area (Å²) in [6, 6.07) is 7.97. The monoisotopic (exact) mass is 283 g/mol. The molecule has 2 aliphatic rings. The van der Waals surface area contributed by atoms with Gasteiger partial charge in [-0.2, -0.15) is 0 Å². The molecule has 2 aliphatic carbocycles. The van der Waals surface area contributed by atoms with Gasteiger partial charge >= 0.3 is 0 Å². The minimum absolute atomic E-state index is 0.181. The van der Waals surface area contributed by atoms with E-state index in [0.717, 1.165) is 17.7 Å². The van der Waals surface area contributed by atoms with Crippen molar-refractivity contribution in [1.29, 1.82) is 0 Å². The van der Waals surface area contributed by atoms with Crippen molar-refractivity contribution in [2.75, 3.05) is 5.73 Å². The van der Waals surface area contributed by atoms with Gasteiger partial charge in [-0.15, -0.1) is 0 Å². The molecule has 0 aliphatic heterocycles. The van der Waals surface area contributed by atoms with Crippen LogP contribution in [0.3, 0.4) is 0 Å². The van der Waals surface area contributed by atoms with Crippen LogP contribution in [0.2, 0.25) is 0 Å². The molecule has 112 valence electrons. The average Bonchev–Trinajstić information content (AvgIpc) is 2.57. The standard InChI is InChI=1S/C18H25N3/c1-16(2)14-6-4-5-7-15(14)17(3,18(16,20)21)12-8-10-13(19)11-9-12/h4-5,7-11,14H,6,19-21H2,1-3H3. The lowest BCUT2D eigenvalue weighted by Crippen LogP contribution is -2.67. The second-order valence-corrected chi connectivity index (χ2v) is 7.18. The van der Waals surface area contributed by atoms with Crippen LogP contribution in [-0.2, 0) is 5.41 Å². The normalized spacial score (nSPS) is 32.6. The van der Waals surface area contributed by atoms with Crippen LogP contribution in [0.25, 0.3) is 0 Å².